The van der Waals surface area contributed by atoms with E-state index in [0.717, 1.165) is 31.5 Å². The van der Waals surface area contributed by atoms with Crippen LogP contribution in [-0.4, -0.2) is 36.3 Å². The van der Waals surface area contributed by atoms with Gasteiger partial charge in [0.05, 0.1) is 18.8 Å². The van der Waals surface area contributed by atoms with E-state index in [9.17, 15) is 4.39 Å². The molecule has 1 aromatic carbocycles. The maximum Gasteiger partial charge on any atom is 0.172 e. The van der Waals surface area contributed by atoms with Crippen LogP contribution in [0.3, 0.4) is 0 Å². The third-order valence-electron chi connectivity index (χ3n) is 4.13. The molecule has 0 bridgehead atoms. The summed E-state index contributed by atoms with van der Waals surface area (Å²) in [4.78, 5) is 2.20. The van der Waals surface area contributed by atoms with Crippen LogP contribution in [0, 0.1) is 5.82 Å². The van der Waals surface area contributed by atoms with E-state index in [1.54, 1.807) is 6.07 Å². The highest BCUT2D eigenvalue weighted by Crippen LogP contribution is 2.34. The molecule has 1 saturated carbocycles. The van der Waals surface area contributed by atoms with Gasteiger partial charge < -0.3 is 20.6 Å². The van der Waals surface area contributed by atoms with Gasteiger partial charge >= 0.3 is 0 Å². The predicted molar refractivity (Wildman–Crippen MR) is 73.6 cm³/mol. The molecule has 108 valence electrons. The van der Waals surface area contributed by atoms with Crippen molar-refractivity contribution in [3.8, 4) is 0 Å². The summed E-state index contributed by atoms with van der Waals surface area (Å²) >= 11 is 0. The SMILES string of the molecule is NC(=NO)c1cc(F)ccc1N1CCOC2CCCC21. The summed E-state index contributed by atoms with van der Waals surface area (Å²) in [5.74, 6) is -0.466. The van der Waals surface area contributed by atoms with E-state index in [1.807, 2.05) is 0 Å². The van der Waals surface area contributed by atoms with Gasteiger partial charge in [-0.2, -0.15) is 0 Å². The maximum absolute atomic E-state index is 13.4. The second-order valence-corrected chi connectivity index (χ2v) is 5.25. The lowest BCUT2D eigenvalue weighted by atomic mass is 10.1. The average Bonchev–Trinajstić information content (AvgIpc) is 2.95. The molecular formula is C14H18FN3O2. The van der Waals surface area contributed by atoms with Crippen LogP contribution in [0.15, 0.2) is 23.4 Å². The molecule has 0 aromatic heterocycles. The molecule has 0 radical (unpaired) electrons. The topological polar surface area (TPSA) is 71.1 Å². The minimum Gasteiger partial charge on any atom is -0.409 e. The van der Waals surface area contributed by atoms with Gasteiger partial charge in [0, 0.05) is 17.8 Å². The summed E-state index contributed by atoms with van der Waals surface area (Å²) in [5.41, 5.74) is 6.92. The van der Waals surface area contributed by atoms with Gasteiger partial charge in [-0.25, -0.2) is 4.39 Å². The zero-order valence-electron chi connectivity index (χ0n) is 11.1. The molecule has 3 N–H and O–H groups in total. The number of anilines is 1. The largest absolute Gasteiger partial charge is 0.409 e. The van der Waals surface area contributed by atoms with Crippen molar-refractivity contribution in [2.75, 3.05) is 18.1 Å². The molecule has 3 rings (SSSR count). The number of morpholine rings is 1. The quantitative estimate of drug-likeness (QED) is 0.374. The van der Waals surface area contributed by atoms with Gasteiger partial charge in [0.25, 0.3) is 0 Å². The molecule has 1 aromatic rings. The number of nitrogens with two attached hydrogens (primary N) is 1. The van der Waals surface area contributed by atoms with E-state index in [2.05, 4.69) is 10.1 Å². The summed E-state index contributed by atoms with van der Waals surface area (Å²) in [5, 5.41) is 11.9. The smallest absolute Gasteiger partial charge is 0.172 e. The monoisotopic (exact) mass is 279 g/mol. The lowest BCUT2D eigenvalue weighted by molar-refractivity contribution is 0.0256. The number of amidine groups is 1. The van der Waals surface area contributed by atoms with Gasteiger partial charge in [0.1, 0.15) is 5.82 Å². The molecule has 1 aliphatic carbocycles. The summed E-state index contributed by atoms with van der Waals surface area (Å²) in [6.45, 7) is 1.38. The first-order valence-electron chi connectivity index (χ1n) is 6.86. The highest BCUT2D eigenvalue weighted by Gasteiger charge is 2.37. The van der Waals surface area contributed by atoms with Crippen molar-refractivity contribution in [2.45, 2.75) is 31.4 Å². The fraction of sp³-hybridized carbons (Fsp3) is 0.500. The number of oxime groups is 1. The summed E-state index contributed by atoms with van der Waals surface area (Å²) in [6, 6.07) is 4.70. The normalized spacial score (nSPS) is 26.6. The Balaban J connectivity index is 2.00. The highest BCUT2D eigenvalue weighted by molar-refractivity contribution is 6.02. The molecule has 2 aliphatic rings. The van der Waals surface area contributed by atoms with E-state index in [4.69, 9.17) is 15.7 Å². The van der Waals surface area contributed by atoms with Gasteiger partial charge in [-0.1, -0.05) is 5.16 Å². The van der Waals surface area contributed by atoms with Gasteiger partial charge in [0.15, 0.2) is 5.84 Å². The van der Waals surface area contributed by atoms with Crippen LogP contribution in [0.5, 0.6) is 0 Å². The lowest BCUT2D eigenvalue weighted by Gasteiger charge is -2.40. The van der Waals surface area contributed by atoms with Crippen molar-refractivity contribution in [3.05, 3.63) is 29.6 Å². The van der Waals surface area contributed by atoms with Crippen LogP contribution in [0.2, 0.25) is 0 Å². The maximum atomic E-state index is 13.4. The van der Waals surface area contributed by atoms with Crippen LogP contribution in [0.1, 0.15) is 24.8 Å². The zero-order chi connectivity index (χ0) is 14.1. The van der Waals surface area contributed by atoms with Crippen molar-refractivity contribution in [1.82, 2.24) is 0 Å². The lowest BCUT2D eigenvalue weighted by Crippen LogP contribution is -2.49. The van der Waals surface area contributed by atoms with Crippen molar-refractivity contribution in [3.63, 3.8) is 0 Å². The first-order chi connectivity index (χ1) is 9.70. The van der Waals surface area contributed by atoms with E-state index >= 15 is 0 Å². The van der Waals surface area contributed by atoms with Crippen molar-refractivity contribution in [1.29, 1.82) is 0 Å². The number of nitrogens with zero attached hydrogens (tertiary/aromatic N) is 2. The molecule has 1 aliphatic heterocycles. The molecule has 1 saturated heterocycles. The van der Waals surface area contributed by atoms with E-state index in [1.165, 1.54) is 12.1 Å². The van der Waals surface area contributed by atoms with Crippen molar-refractivity contribution < 1.29 is 14.3 Å². The molecule has 2 atom stereocenters. The van der Waals surface area contributed by atoms with E-state index in [-0.39, 0.29) is 11.9 Å². The van der Waals surface area contributed by atoms with Gasteiger partial charge in [-0.05, 0) is 37.5 Å². The fourth-order valence-corrected chi connectivity index (χ4v) is 3.24. The predicted octanol–water partition coefficient (Wildman–Crippen LogP) is 1.68. The number of fused-ring (bicyclic) bond motifs is 1. The van der Waals surface area contributed by atoms with Crippen LogP contribution >= 0.6 is 0 Å². The minimum absolute atomic E-state index is 0.0689. The average molecular weight is 279 g/mol. The Morgan fingerprint density at radius 3 is 3.10 bits per heavy atom. The molecule has 0 spiro atoms. The van der Waals surface area contributed by atoms with Crippen LogP contribution in [0.4, 0.5) is 10.1 Å². The fourth-order valence-electron chi connectivity index (χ4n) is 3.24. The van der Waals surface area contributed by atoms with Crippen molar-refractivity contribution >= 4 is 11.5 Å². The molecule has 2 fully saturated rings. The Morgan fingerprint density at radius 1 is 1.45 bits per heavy atom. The van der Waals surface area contributed by atoms with Gasteiger partial charge in [0.2, 0.25) is 0 Å². The van der Waals surface area contributed by atoms with Crippen LogP contribution in [-0.2, 0) is 4.74 Å². The van der Waals surface area contributed by atoms with E-state index < -0.39 is 5.82 Å². The molecule has 0 amide bonds. The van der Waals surface area contributed by atoms with Gasteiger partial charge in [-0.3, -0.25) is 0 Å². The van der Waals surface area contributed by atoms with Gasteiger partial charge in [-0.15, -0.1) is 0 Å². The summed E-state index contributed by atoms with van der Waals surface area (Å²) in [6.07, 6.45) is 3.47. The molecule has 2 unspecified atom stereocenters. The minimum atomic E-state index is -0.397. The zero-order valence-corrected chi connectivity index (χ0v) is 11.1. The number of benzene rings is 1. The third-order valence-corrected chi connectivity index (χ3v) is 4.13. The van der Waals surface area contributed by atoms with Crippen molar-refractivity contribution in [2.24, 2.45) is 10.9 Å². The first kappa shape index (κ1) is 13.2. The van der Waals surface area contributed by atoms with E-state index in [0.29, 0.717) is 18.2 Å². The standard InChI is InChI=1S/C14H18FN3O2/c15-9-4-5-11(10(8-9)14(16)17-19)18-6-7-20-13-3-1-2-12(13)18/h4-5,8,12-13,19H,1-3,6-7H2,(H2,16,17). The summed E-state index contributed by atoms with van der Waals surface area (Å²) in [7, 11) is 0. The molecule has 6 heteroatoms. The molecule has 5 nitrogen and oxygen atoms in total. The molecular weight excluding hydrogens is 261 g/mol. The molecule has 1 heterocycles. The summed E-state index contributed by atoms with van der Waals surface area (Å²) < 4.78 is 19.2. The number of hydrogen-bond acceptors (Lipinski definition) is 4. The Morgan fingerprint density at radius 2 is 2.30 bits per heavy atom. The number of halogens is 1. The number of ether oxygens (including phenoxy) is 1. The Labute approximate surface area is 116 Å². The Kier molecular flexibility index (Phi) is 3.48. The third kappa shape index (κ3) is 2.20. The van der Waals surface area contributed by atoms with Crippen LogP contribution in [0.25, 0.3) is 0 Å². The number of hydrogen-bond donors (Lipinski definition) is 2. The highest BCUT2D eigenvalue weighted by atomic mass is 19.1. The Hall–Kier alpha value is -1.82. The molecule has 20 heavy (non-hydrogen) atoms. The van der Waals surface area contributed by atoms with Crippen LogP contribution < -0.4 is 10.6 Å². The number of rotatable bonds is 2. The second kappa shape index (κ2) is 5.28. The second-order valence-electron chi connectivity index (χ2n) is 5.25. The Bertz CT molecular complexity index is 535. The first-order valence-corrected chi connectivity index (χ1v) is 6.86.